The van der Waals surface area contributed by atoms with Gasteiger partial charge in [-0.1, -0.05) is 29.8 Å². The van der Waals surface area contributed by atoms with Gasteiger partial charge in [0.2, 0.25) is 11.8 Å². The Morgan fingerprint density at radius 3 is 2.05 bits per heavy atom. The number of ether oxygens (including phenoxy) is 2. The first-order chi connectivity index (χ1) is 18.1. The second-order valence-corrected chi connectivity index (χ2v) is 10.6. The average molecular weight is 560 g/mol. The minimum absolute atomic E-state index is 0.0351. The van der Waals surface area contributed by atoms with E-state index in [0.717, 1.165) is 9.87 Å². The van der Waals surface area contributed by atoms with Crippen LogP contribution in [0.15, 0.2) is 77.7 Å². The maximum Gasteiger partial charge on any atom is 0.264 e. The molecule has 0 aliphatic heterocycles. The van der Waals surface area contributed by atoms with Crippen molar-refractivity contribution in [3.8, 4) is 11.5 Å². The van der Waals surface area contributed by atoms with E-state index in [1.54, 1.807) is 56.5 Å². The number of methoxy groups -OCH3 is 2. The Bertz CT molecular complexity index is 1360. The van der Waals surface area contributed by atoms with Crippen LogP contribution in [-0.2, 0) is 26.2 Å². The number of hydrogen-bond acceptors (Lipinski definition) is 6. The third-order valence-electron chi connectivity index (χ3n) is 5.95. The van der Waals surface area contributed by atoms with Gasteiger partial charge in [0, 0.05) is 18.6 Å². The molecule has 1 unspecified atom stereocenters. The topological polar surface area (TPSA) is 105 Å². The number of anilines is 1. The zero-order valence-corrected chi connectivity index (χ0v) is 23.1. The van der Waals surface area contributed by atoms with Crippen molar-refractivity contribution in [2.45, 2.75) is 24.4 Å². The first kappa shape index (κ1) is 28.8. The number of nitrogens with zero attached hydrogens (tertiary/aromatic N) is 2. The molecule has 3 aromatic carbocycles. The molecule has 0 fully saturated rings. The van der Waals surface area contributed by atoms with Crippen LogP contribution in [0, 0.1) is 0 Å². The Labute approximate surface area is 228 Å². The number of amides is 2. The normalized spacial score (nSPS) is 11.8. The lowest BCUT2D eigenvalue weighted by molar-refractivity contribution is -0.139. The van der Waals surface area contributed by atoms with E-state index in [4.69, 9.17) is 21.1 Å². The zero-order chi connectivity index (χ0) is 27.9. The van der Waals surface area contributed by atoms with Crippen molar-refractivity contribution >= 4 is 39.1 Å². The molecular weight excluding hydrogens is 530 g/mol. The van der Waals surface area contributed by atoms with Gasteiger partial charge < -0.3 is 19.7 Å². The van der Waals surface area contributed by atoms with Gasteiger partial charge in [0.15, 0.2) is 0 Å². The lowest BCUT2D eigenvalue weighted by Gasteiger charge is -2.31. The predicted octanol–water partition coefficient (Wildman–Crippen LogP) is 3.72. The number of carbonyl (C=O) groups is 2. The highest BCUT2D eigenvalue weighted by Crippen LogP contribution is 2.28. The average Bonchev–Trinajstić information content (AvgIpc) is 2.93. The standard InChI is InChI=1S/C27H30ClN3O6S/c1-19(27(33)29-2)30(17-20-8-10-23(36-3)11-9-20)26(32)18-31(22-7-5-6-21(28)16-22)38(34,35)25-14-12-24(37-4)13-15-25/h5-16,19H,17-18H2,1-4H3,(H,29,33). The number of nitrogens with one attached hydrogen (secondary N) is 1. The Hall–Kier alpha value is -3.76. The third kappa shape index (κ3) is 6.76. The first-order valence-corrected chi connectivity index (χ1v) is 13.5. The van der Waals surface area contributed by atoms with Gasteiger partial charge in [-0.15, -0.1) is 0 Å². The molecule has 38 heavy (non-hydrogen) atoms. The SMILES string of the molecule is CNC(=O)C(C)N(Cc1ccc(OC)cc1)C(=O)CN(c1cccc(Cl)c1)S(=O)(=O)c1ccc(OC)cc1. The molecule has 202 valence electrons. The van der Waals surface area contributed by atoms with Crippen LogP contribution in [0.1, 0.15) is 12.5 Å². The van der Waals surface area contributed by atoms with Crippen LogP contribution in [0.2, 0.25) is 5.02 Å². The van der Waals surface area contributed by atoms with Crippen LogP contribution in [-0.4, -0.2) is 59.0 Å². The summed E-state index contributed by atoms with van der Waals surface area (Å²) < 4.78 is 38.9. The van der Waals surface area contributed by atoms with Crippen LogP contribution in [0.3, 0.4) is 0 Å². The van der Waals surface area contributed by atoms with Gasteiger partial charge in [-0.05, 0) is 67.1 Å². The molecule has 0 aliphatic rings. The summed E-state index contributed by atoms with van der Waals surface area (Å²) in [5.41, 5.74) is 0.945. The number of benzene rings is 3. The second kappa shape index (κ2) is 12.7. The van der Waals surface area contributed by atoms with Gasteiger partial charge in [0.05, 0.1) is 24.8 Å². The fraction of sp³-hybridized carbons (Fsp3) is 0.259. The van der Waals surface area contributed by atoms with E-state index in [0.29, 0.717) is 16.5 Å². The third-order valence-corrected chi connectivity index (χ3v) is 7.97. The van der Waals surface area contributed by atoms with E-state index >= 15 is 0 Å². The highest BCUT2D eigenvalue weighted by Gasteiger charge is 2.32. The summed E-state index contributed by atoms with van der Waals surface area (Å²) in [6.07, 6.45) is 0. The molecule has 3 rings (SSSR count). The van der Waals surface area contributed by atoms with Crippen LogP contribution in [0.4, 0.5) is 5.69 Å². The van der Waals surface area contributed by atoms with Crippen molar-refractivity contribution in [2.24, 2.45) is 0 Å². The summed E-state index contributed by atoms with van der Waals surface area (Å²) in [5, 5.41) is 2.85. The Morgan fingerprint density at radius 2 is 1.53 bits per heavy atom. The minimum atomic E-state index is -4.20. The van der Waals surface area contributed by atoms with E-state index < -0.39 is 28.5 Å². The highest BCUT2D eigenvalue weighted by atomic mass is 35.5. The summed E-state index contributed by atoms with van der Waals surface area (Å²) in [7, 11) is 0.296. The number of sulfonamides is 1. The predicted molar refractivity (Wildman–Crippen MR) is 146 cm³/mol. The Balaban J connectivity index is 2.02. The summed E-state index contributed by atoms with van der Waals surface area (Å²) >= 11 is 6.17. The second-order valence-electron chi connectivity index (χ2n) is 8.33. The van der Waals surface area contributed by atoms with Crippen LogP contribution in [0.25, 0.3) is 0 Å². The van der Waals surface area contributed by atoms with E-state index in [1.165, 1.54) is 49.4 Å². The van der Waals surface area contributed by atoms with Gasteiger partial charge in [-0.2, -0.15) is 0 Å². The van der Waals surface area contributed by atoms with Crippen molar-refractivity contribution in [3.63, 3.8) is 0 Å². The quantitative estimate of drug-likeness (QED) is 0.384. The Kier molecular flexibility index (Phi) is 9.60. The largest absolute Gasteiger partial charge is 0.497 e. The monoisotopic (exact) mass is 559 g/mol. The van der Waals surface area contributed by atoms with Crippen molar-refractivity contribution in [3.05, 3.63) is 83.4 Å². The van der Waals surface area contributed by atoms with Crippen LogP contribution < -0.4 is 19.1 Å². The molecule has 3 aromatic rings. The number of hydrogen-bond donors (Lipinski definition) is 1. The van der Waals surface area contributed by atoms with Crippen molar-refractivity contribution in [1.29, 1.82) is 0 Å². The van der Waals surface area contributed by atoms with Crippen molar-refractivity contribution in [2.75, 3.05) is 32.1 Å². The number of carbonyl (C=O) groups excluding carboxylic acids is 2. The van der Waals surface area contributed by atoms with Crippen molar-refractivity contribution in [1.82, 2.24) is 10.2 Å². The molecule has 2 amide bonds. The number of likely N-dealkylation sites (N-methyl/N-ethyl adjacent to an activating group) is 1. The summed E-state index contributed by atoms with van der Waals surface area (Å²) in [6.45, 7) is 1.09. The maximum atomic E-state index is 13.8. The smallest absolute Gasteiger partial charge is 0.264 e. The Morgan fingerprint density at radius 1 is 0.947 bits per heavy atom. The molecule has 0 spiro atoms. The molecule has 0 saturated heterocycles. The zero-order valence-electron chi connectivity index (χ0n) is 21.5. The molecule has 0 aromatic heterocycles. The molecule has 11 heteroatoms. The molecule has 0 saturated carbocycles. The number of halogens is 1. The van der Waals surface area contributed by atoms with Gasteiger partial charge in [-0.25, -0.2) is 8.42 Å². The van der Waals surface area contributed by atoms with E-state index in [2.05, 4.69) is 5.32 Å². The lowest BCUT2D eigenvalue weighted by Crippen LogP contribution is -2.50. The molecule has 0 aliphatic carbocycles. The van der Waals surface area contributed by atoms with E-state index in [9.17, 15) is 18.0 Å². The van der Waals surface area contributed by atoms with Crippen LogP contribution >= 0.6 is 11.6 Å². The van der Waals surface area contributed by atoms with Gasteiger partial charge >= 0.3 is 0 Å². The summed E-state index contributed by atoms with van der Waals surface area (Å²) in [6, 6.07) is 18.2. The van der Waals surface area contributed by atoms with Gasteiger partial charge in [-0.3, -0.25) is 13.9 Å². The fourth-order valence-electron chi connectivity index (χ4n) is 3.75. The van der Waals surface area contributed by atoms with E-state index in [-0.39, 0.29) is 23.0 Å². The minimum Gasteiger partial charge on any atom is -0.497 e. The maximum absolute atomic E-state index is 13.8. The molecule has 9 nitrogen and oxygen atoms in total. The molecule has 1 atom stereocenters. The molecular formula is C27H30ClN3O6S. The van der Waals surface area contributed by atoms with Crippen molar-refractivity contribution < 1.29 is 27.5 Å². The van der Waals surface area contributed by atoms with Gasteiger partial charge in [0.1, 0.15) is 24.1 Å². The molecule has 1 N–H and O–H groups in total. The lowest BCUT2D eigenvalue weighted by atomic mass is 10.1. The molecule has 0 bridgehead atoms. The highest BCUT2D eigenvalue weighted by molar-refractivity contribution is 7.92. The van der Waals surface area contributed by atoms with E-state index in [1.807, 2.05) is 0 Å². The number of rotatable bonds is 11. The first-order valence-electron chi connectivity index (χ1n) is 11.7. The van der Waals surface area contributed by atoms with Gasteiger partial charge in [0.25, 0.3) is 10.0 Å². The molecule has 0 heterocycles. The molecule has 0 radical (unpaired) electrons. The van der Waals surface area contributed by atoms with Crippen LogP contribution in [0.5, 0.6) is 11.5 Å². The summed E-state index contributed by atoms with van der Waals surface area (Å²) in [5.74, 6) is 0.163. The summed E-state index contributed by atoms with van der Waals surface area (Å²) in [4.78, 5) is 27.6. The fourth-order valence-corrected chi connectivity index (χ4v) is 5.34.